The van der Waals surface area contributed by atoms with Gasteiger partial charge in [-0.15, -0.1) is 0 Å². The van der Waals surface area contributed by atoms with Crippen molar-refractivity contribution in [3.8, 4) is 11.3 Å². The van der Waals surface area contributed by atoms with Crippen molar-refractivity contribution in [2.24, 2.45) is 0 Å². The Kier molecular flexibility index (Phi) is 2.42. The lowest BCUT2D eigenvalue weighted by atomic mass is 10.1. The average molecular weight is 254 g/mol. The molecule has 0 aliphatic rings. The number of nitrogens with zero attached hydrogens (tertiary/aromatic N) is 3. The highest BCUT2D eigenvalue weighted by atomic mass is 16.4. The van der Waals surface area contributed by atoms with Crippen LogP contribution >= 0.6 is 0 Å². The minimum Gasteiger partial charge on any atom is -0.477 e. The first-order valence-electron chi connectivity index (χ1n) is 5.59. The number of aromatic carboxylic acids is 1. The Labute approximate surface area is 108 Å². The lowest BCUT2D eigenvalue weighted by Gasteiger charge is -2.05. The highest BCUT2D eigenvalue weighted by molar-refractivity contribution is 5.94. The summed E-state index contributed by atoms with van der Waals surface area (Å²) in [6.45, 7) is 0. The van der Waals surface area contributed by atoms with Gasteiger partial charge in [-0.05, 0) is 18.2 Å². The summed E-state index contributed by atoms with van der Waals surface area (Å²) >= 11 is 0. The van der Waals surface area contributed by atoms with Crippen molar-refractivity contribution < 1.29 is 9.90 Å². The molecule has 3 N–H and O–H groups in total. The number of aromatic nitrogens is 3. The molecule has 19 heavy (non-hydrogen) atoms. The smallest absolute Gasteiger partial charge is 0.341 e. The van der Waals surface area contributed by atoms with E-state index >= 15 is 0 Å². The Hall–Kier alpha value is -2.89. The first-order chi connectivity index (χ1) is 9.16. The third-order valence-electron chi connectivity index (χ3n) is 2.81. The number of hydrogen-bond donors (Lipinski definition) is 2. The molecule has 2 heterocycles. The lowest BCUT2D eigenvalue weighted by molar-refractivity contribution is 0.0699. The highest BCUT2D eigenvalue weighted by Gasteiger charge is 2.14. The van der Waals surface area contributed by atoms with Crippen LogP contribution < -0.4 is 5.73 Å². The van der Waals surface area contributed by atoms with E-state index in [1.807, 2.05) is 12.1 Å². The first-order valence-corrected chi connectivity index (χ1v) is 5.59. The molecule has 0 unspecified atom stereocenters. The Balaban J connectivity index is 2.28. The number of rotatable bonds is 2. The summed E-state index contributed by atoms with van der Waals surface area (Å²) in [5.41, 5.74) is 8.37. The van der Waals surface area contributed by atoms with E-state index in [0.717, 1.165) is 11.3 Å². The van der Waals surface area contributed by atoms with Gasteiger partial charge in [-0.1, -0.05) is 12.1 Å². The second-order valence-corrected chi connectivity index (χ2v) is 4.05. The Morgan fingerprint density at radius 2 is 2.16 bits per heavy atom. The normalized spacial score (nSPS) is 10.7. The number of fused-ring (bicyclic) bond motifs is 1. The topological polar surface area (TPSA) is 93.5 Å². The van der Waals surface area contributed by atoms with E-state index in [4.69, 9.17) is 10.8 Å². The molecule has 6 nitrogen and oxygen atoms in total. The van der Waals surface area contributed by atoms with Gasteiger partial charge in [0.15, 0.2) is 5.65 Å². The van der Waals surface area contributed by atoms with Crippen LogP contribution in [0.5, 0.6) is 0 Å². The number of hydrogen-bond acceptors (Lipinski definition) is 4. The number of carboxylic acid groups (broad SMARTS) is 1. The number of nitrogen functional groups attached to an aromatic ring is 1. The minimum atomic E-state index is -1.05. The van der Waals surface area contributed by atoms with Crippen molar-refractivity contribution >= 4 is 17.3 Å². The molecule has 94 valence electrons. The van der Waals surface area contributed by atoms with Crippen molar-refractivity contribution in [2.75, 3.05) is 5.73 Å². The van der Waals surface area contributed by atoms with Crippen molar-refractivity contribution in [2.45, 2.75) is 0 Å². The number of carboxylic acids is 1. The molecule has 0 bridgehead atoms. The molecule has 0 amide bonds. The second kappa shape index (κ2) is 4.09. The van der Waals surface area contributed by atoms with Gasteiger partial charge in [0, 0.05) is 17.4 Å². The number of anilines is 1. The van der Waals surface area contributed by atoms with Crippen LogP contribution in [0.3, 0.4) is 0 Å². The molecule has 6 heteroatoms. The quantitative estimate of drug-likeness (QED) is 0.678. The van der Waals surface area contributed by atoms with E-state index in [2.05, 4.69) is 10.1 Å². The van der Waals surface area contributed by atoms with Crippen LogP contribution in [-0.2, 0) is 0 Å². The summed E-state index contributed by atoms with van der Waals surface area (Å²) in [5.74, 6) is -1.05. The molecule has 0 radical (unpaired) electrons. The molecular formula is C13H10N4O2. The van der Waals surface area contributed by atoms with Gasteiger partial charge in [0.2, 0.25) is 0 Å². The van der Waals surface area contributed by atoms with Gasteiger partial charge in [0.05, 0.1) is 11.9 Å². The van der Waals surface area contributed by atoms with Gasteiger partial charge in [0.1, 0.15) is 5.56 Å². The first kappa shape index (κ1) is 11.2. The fraction of sp³-hybridized carbons (Fsp3) is 0. The largest absolute Gasteiger partial charge is 0.477 e. The highest BCUT2D eigenvalue weighted by Crippen LogP contribution is 2.22. The summed E-state index contributed by atoms with van der Waals surface area (Å²) < 4.78 is 1.50. The SMILES string of the molecule is Nc1cccc(-c2ccnc3c(C(=O)O)cnn23)c1. The summed E-state index contributed by atoms with van der Waals surface area (Å²) in [6, 6.07) is 9.07. The third kappa shape index (κ3) is 1.79. The zero-order valence-electron chi connectivity index (χ0n) is 9.82. The Morgan fingerprint density at radius 3 is 2.89 bits per heavy atom. The Bertz CT molecular complexity index is 779. The minimum absolute atomic E-state index is 0.0748. The van der Waals surface area contributed by atoms with Crippen LogP contribution in [-0.4, -0.2) is 25.7 Å². The van der Waals surface area contributed by atoms with E-state index in [-0.39, 0.29) is 5.56 Å². The van der Waals surface area contributed by atoms with E-state index in [9.17, 15) is 4.79 Å². The predicted molar refractivity (Wildman–Crippen MR) is 69.8 cm³/mol. The van der Waals surface area contributed by atoms with Gasteiger partial charge in [0.25, 0.3) is 0 Å². The molecule has 0 fully saturated rings. The zero-order valence-corrected chi connectivity index (χ0v) is 9.82. The summed E-state index contributed by atoms with van der Waals surface area (Å²) in [6.07, 6.45) is 2.85. The third-order valence-corrected chi connectivity index (χ3v) is 2.81. The van der Waals surface area contributed by atoms with Gasteiger partial charge in [-0.3, -0.25) is 0 Å². The van der Waals surface area contributed by atoms with E-state index in [0.29, 0.717) is 11.3 Å². The molecule has 0 spiro atoms. The standard InChI is InChI=1S/C13H10N4O2/c14-9-3-1-2-8(6-9)11-4-5-15-12-10(13(18)19)7-16-17(11)12/h1-7H,14H2,(H,18,19). The molecule has 0 saturated carbocycles. The lowest BCUT2D eigenvalue weighted by Crippen LogP contribution is -1.99. The monoisotopic (exact) mass is 254 g/mol. The van der Waals surface area contributed by atoms with Crippen LogP contribution in [0.25, 0.3) is 16.9 Å². The summed E-state index contributed by atoms with van der Waals surface area (Å²) in [5, 5.41) is 13.1. The van der Waals surface area contributed by atoms with Crippen LogP contribution in [0.4, 0.5) is 5.69 Å². The van der Waals surface area contributed by atoms with Gasteiger partial charge < -0.3 is 10.8 Å². The maximum Gasteiger partial charge on any atom is 0.341 e. The fourth-order valence-electron chi connectivity index (χ4n) is 1.96. The number of benzene rings is 1. The average Bonchev–Trinajstić information content (AvgIpc) is 2.82. The summed E-state index contributed by atoms with van der Waals surface area (Å²) in [7, 11) is 0. The number of carbonyl (C=O) groups is 1. The van der Waals surface area contributed by atoms with Crippen LogP contribution in [0, 0.1) is 0 Å². The molecule has 0 aliphatic heterocycles. The molecule has 0 saturated heterocycles. The maximum absolute atomic E-state index is 11.1. The Morgan fingerprint density at radius 1 is 1.32 bits per heavy atom. The molecule has 0 aliphatic carbocycles. The van der Waals surface area contributed by atoms with Gasteiger partial charge in [-0.25, -0.2) is 14.3 Å². The zero-order chi connectivity index (χ0) is 13.4. The van der Waals surface area contributed by atoms with E-state index < -0.39 is 5.97 Å². The van der Waals surface area contributed by atoms with Gasteiger partial charge >= 0.3 is 5.97 Å². The van der Waals surface area contributed by atoms with Crippen LogP contribution in [0.1, 0.15) is 10.4 Å². The summed E-state index contributed by atoms with van der Waals surface area (Å²) in [4.78, 5) is 15.1. The van der Waals surface area contributed by atoms with Crippen LogP contribution in [0.15, 0.2) is 42.7 Å². The second-order valence-electron chi connectivity index (χ2n) is 4.05. The molecule has 3 rings (SSSR count). The van der Waals surface area contributed by atoms with Crippen molar-refractivity contribution in [1.29, 1.82) is 0 Å². The maximum atomic E-state index is 11.1. The van der Waals surface area contributed by atoms with Crippen molar-refractivity contribution in [1.82, 2.24) is 14.6 Å². The molecule has 2 aromatic heterocycles. The molecule has 3 aromatic rings. The number of nitrogens with two attached hydrogens (primary N) is 1. The predicted octanol–water partition coefficient (Wildman–Crippen LogP) is 1.68. The fourth-order valence-corrected chi connectivity index (χ4v) is 1.96. The van der Waals surface area contributed by atoms with Crippen molar-refractivity contribution in [3.63, 3.8) is 0 Å². The van der Waals surface area contributed by atoms with Crippen LogP contribution in [0.2, 0.25) is 0 Å². The van der Waals surface area contributed by atoms with E-state index in [1.54, 1.807) is 24.4 Å². The molecule has 1 aromatic carbocycles. The molecular weight excluding hydrogens is 244 g/mol. The van der Waals surface area contributed by atoms with E-state index in [1.165, 1.54) is 10.7 Å². The molecule has 0 atom stereocenters. The van der Waals surface area contributed by atoms with Crippen molar-refractivity contribution in [3.05, 3.63) is 48.3 Å². The van der Waals surface area contributed by atoms with Gasteiger partial charge in [-0.2, -0.15) is 5.10 Å².